The van der Waals surface area contributed by atoms with Crippen molar-refractivity contribution in [2.75, 3.05) is 38.7 Å². The first kappa shape index (κ1) is 28.4. The fourth-order valence-electron chi connectivity index (χ4n) is 4.15. The average molecular weight is 485 g/mol. The van der Waals surface area contributed by atoms with Gasteiger partial charge in [0, 0.05) is 44.8 Å². The lowest BCUT2D eigenvalue weighted by molar-refractivity contribution is -0.133. The van der Waals surface area contributed by atoms with E-state index in [1.807, 2.05) is 36.0 Å². The molecular weight excluding hydrogens is 440 g/mol. The predicted molar refractivity (Wildman–Crippen MR) is 143 cm³/mol. The number of benzene rings is 1. The first-order chi connectivity index (χ1) is 16.5. The van der Waals surface area contributed by atoms with E-state index in [0.29, 0.717) is 26.2 Å². The van der Waals surface area contributed by atoms with Gasteiger partial charge in [0.15, 0.2) is 0 Å². The van der Waals surface area contributed by atoms with Gasteiger partial charge in [-0.1, -0.05) is 59.7 Å². The van der Waals surface area contributed by atoms with Gasteiger partial charge in [-0.25, -0.2) is 4.79 Å². The van der Waals surface area contributed by atoms with Crippen LogP contribution in [0.3, 0.4) is 0 Å². The van der Waals surface area contributed by atoms with Gasteiger partial charge >= 0.3 is 6.03 Å². The number of urea groups is 1. The zero-order chi connectivity index (χ0) is 26.1. The molecule has 7 heteroatoms. The van der Waals surface area contributed by atoms with Crippen LogP contribution in [-0.4, -0.2) is 59.7 Å². The van der Waals surface area contributed by atoms with E-state index in [9.17, 15) is 9.59 Å². The summed E-state index contributed by atoms with van der Waals surface area (Å²) in [7, 11) is 3.59. The third-order valence-electron chi connectivity index (χ3n) is 6.13. The molecule has 0 saturated heterocycles. The molecule has 1 N–H and O–H groups in total. The van der Waals surface area contributed by atoms with E-state index >= 15 is 0 Å². The van der Waals surface area contributed by atoms with Crippen molar-refractivity contribution >= 4 is 17.6 Å². The van der Waals surface area contributed by atoms with Crippen molar-refractivity contribution in [3.8, 4) is 0 Å². The minimum Gasteiger partial charge on any atom is -0.383 e. The molecule has 0 spiro atoms. The second-order valence-corrected chi connectivity index (χ2v) is 10.2. The summed E-state index contributed by atoms with van der Waals surface area (Å²) in [6.07, 6.45) is 1.96. The molecule has 1 aromatic heterocycles. The van der Waals surface area contributed by atoms with Crippen LogP contribution in [0.15, 0.2) is 36.5 Å². The Kier molecular flexibility index (Phi) is 10.8. The number of rotatable bonds is 12. The molecule has 2 aromatic rings. The molecule has 0 atom stereocenters. The monoisotopic (exact) mass is 484 g/mol. The molecule has 35 heavy (non-hydrogen) atoms. The lowest BCUT2D eigenvalue weighted by Gasteiger charge is -2.30. The highest BCUT2D eigenvalue weighted by molar-refractivity contribution is 5.94. The Labute approximate surface area is 211 Å². The molecule has 0 radical (unpaired) electrons. The number of nitrogens with one attached hydrogen (secondary N) is 1. The molecule has 0 aliphatic heterocycles. The highest BCUT2D eigenvalue weighted by Gasteiger charge is 2.25. The molecule has 1 aromatic carbocycles. The summed E-state index contributed by atoms with van der Waals surface area (Å²) in [5.74, 6) is 0.650. The number of para-hydroxylation sites is 1. The van der Waals surface area contributed by atoms with E-state index in [1.54, 1.807) is 16.9 Å². The third-order valence-corrected chi connectivity index (χ3v) is 6.13. The average Bonchev–Trinajstić information content (AvgIpc) is 3.19. The highest BCUT2D eigenvalue weighted by atomic mass is 16.5. The van der Waals surface area contributed by atoms with Crippen LogP contribution in [0, 0.1) is 5.92 Å². The topological polar surface area (TPSA) is 66.8 Å². The number of ether oxygens (including phenoxy) is 1. The number of hydrogen-bond donors (Lipinski definition) is 1. The van der Waals surface area contributed by atoms with Crippen molar-refractivity contribution < 1.29 is 14.3 Å². The first-order valence-corrected chi connectivity index (χ1v) is 12.6. The summed E-state index contributed by atoms with van der Waals surface area (Å²) in [5, 5.41) is 3.18. The second-order valence-electron chi connectivity index (χ2n) is 10.2. The molecular formula is C28H44N4O3. The lowest BCUT2D eigenvalue weighted by atomic mass is 9.93. The van der Waals surface area contributed by atoms with Crippen LogP contribution in [-0.2, 0) is 23.1 Å². The number of nitrogens with zero attached hydrogens (tertiary/aromatic N) is 3. The fourth-order valence-corrected chi connectivity index (χ4v) is 4.15. The van der Waals surface area contributed by atoms with E-state index < -0.39 is 0 Å². The Morgan fingerprint density at radius 3 is 2.09 bits per heavy atom. The number of carbonyl (C=O) groups excluding carboxylic acids is 2. The van der Waals surface area contributed by atoms with Crippen LogP contribution in [0.1, 0.15) is 70.2 Å². The minimum absolute atomic E-state index is 0.0129. The summed E-state index contributed by atoms with van der Waals surface area (Å²) in [5.41, 5.74) is 4.10. The molecule has 7 nitrogen and oxygen atoms in total. The number of anilines is 1. The zero-order valence-corrected chi connectivity index (χ0v) is 22.8. The lowest BCUT2D eigenvalue weighted by Crippen LogP contribution is -2.46. The van der Waals surface area contributed by atoms with E-state index in [4.69, 9.17) is 4.74 Å². The zero-order valence-electron chi connectivity index (χ0n) is 22.8. The van der Waals surface area contributed by atoms with Gasteiger partial charge in [-0.05, 0) is 41.0 Å². The summed E-state index contributed by atoms with van der Waals surface area (Å²) in [6.45, 7) is 14.5. The third kappa shape index (κ3) is 8.13. The number of aromatic nitrogens is 1. The normalized spacial score (nSPS) is 11.4. The number of amides is 3. The van der Waals surface area contributed by atoms with Gasteiger partial charge in [0.2, 0.25) is 5.91 Å². The van der Waals surface area contributed by atoms with E-state index in [2.05, 4.69) is 59.0 Å². The number of carbonyl (C=O) groups is 2. The first-order valence-electron chi connectivity index (χ1n) is 12.6. The Balaban J connectivity index is 2.28. The SMILES string of the molecule is COCCN(Cc1cccn1C)C(=O)CN(CC(C)C)C(=O)Nc1c(C(C)C)cccc1C(C)C. The van der Waals surface area contributed by atoms with Crippen molar-refractivity contribution in [3.63, 3.8) is 0 Å². The summed E-state index contributed by atoms with van der Waals surface area (Å²) < 4.78 is 7.25. The minimum atomic E-state index is -0.243. The maximum atomic E-state index is 13.6. The van der Waals surface area contributed by atoms with Gasteiger partial charge in [0.05, 0.1) is 13.2 Å². The van der Waals surface area contributed by atoms with Gasteiger partial charge in [0.25, 0.3) is 0 Å². The Morgan fingerprint density at radius 2 is 1.60 bits per heavy atom. The molecule has 0 fully saturated rings. The maximum absolute atomic E-state index is 13.6. The summed E-state index contributed by atoms with van der Waals surface area (Å²) in [6, 6.07) is 9.90. The maximum Gasteiger partial charge on any atom is 0.322 e. The van der Waals surface area contributed by atoms with E-state index in [0.717, 1.165) is 22.5 Å². The van der Waals surface area contributed by atoms with Crippen molar-refractivity contribution in [1.82, 2.24) is 14.4 Å². The van der Waals surface area contributed by atoms with Crippen molar-refractivity contribution in [2.24, 2.45) is 13.0 Å². The molecule has 194 valence electrons. The van der Waals surface area contributed by atoms with E-state index in [-0.39, 0.29) is 36.2 Å². The van der Waals surface area contributed by atoms with E-state index in [1.165, 1.54) is 0 Å². The van der Waals surface area contributed by atoms with Crippen LogP contribution in [0.5, 0.6) is 0 Å². The number of methoxy groups -OCH3 is 1. The predicted octanol–water partition coefficient (Wildman–Crippen LogP) is 5.44. The van der Waals surface area contributed by atoms with Gasteiger partial charge in [-0.15, -0.1) is 0 Å². The van der Waals surface area contributed by atoms with Crippen LogP contribution in [0.2, 0.25) is 0 Å². The molecule has 0 unspecified atom stereocenters. The van der Waals surface area contributed by atoms with Gasteiger partial charge < -0.3 is 24.4 Å². The Hall–Kier alpha value is -2.80. The van der Waals surface area contributed by atoms with Crippen LogP contribution < -0.4 is 5.32 Å². The smallest absolute Gasteiger partial charge is 0.322 e. The molecule has 2 rings (SSSR count). The molecule has 1 heterocycles. The van der Waals surface area contributed by atoms with Gasteiger partial charge in [0.1, 0.15) is 6.54 Å². The molecule has 0 bridgehead atoms. The Bertz CT molecular complexity index is 939. The number of aryl methyl sites for hydroxylation is 1. The van der Waals surface area contributed by atoms with Crippen molar-refractivity contribution in [2.45, 2.75) is 59.9 Å². The van der Waals surface area contributed by atoms with Crippen LogP contribution in [0.25, 0.3) is 0 Å². The summed E-state index contributed by atoms with van der Waals surface area (Å²) in [4.78, 5) is 30.4. The number of hydrogen-bond acceptors (Lipinski definition) is 3. The van der Waals surface area contributed by atoms with Crippen LogP contribution >= 0.6 is 0 Å². The van der Waals surface area contributed by atoms with Crippen LogP contribution in [0.4, 0.5) is 10.5 Å². The molecule has 0 aliphatic rings. The largest absolute Gasteiger partial charge is 0.383 e. The molecule has 3 amide bonds. The van der Waals surface area contributed by atoms with Gasteiger partial charge in [-0.2, -0.15) is 0 Å². The summed E-state index contributed by atoms with van der Waals surface area (Å²) >= 11 is 0. The second kappa shape index (κ2) is 13.3. The standard InChI is InChI=1S/C28H44N4O3/c1-20(2)17-32(19-26(33)31(15-16-35-8)18-23-11-10-14-30(23)7)28(34)29-27-24(21(3)4)12-9-13-25(27)22(5)6/h9-14,20-22H,15-19H2,1-8H3,(H,29,34). The molecule has 0 saturated carbocycles. The fraction of sp³-hybridized carbons (Fsp3) is 0.571. The molecule has 0 aliphatic carbocycles. The van der Waals surface area contributed by atoms with Crippen molar-refractivity contribution in [1.29, 1.82) is 0 Å². The quantitative estimate of drug-likeness (QED) is 0.436. The van der Waals surface area contributed by atoms with Gasteiger partial charge in [-0.3, -0.25) is 4.79 Å². The Morgan fingerprint density at radius 1 is 0.971 bits per heavy atom. The van der Waals surface area contributed by atoms with Crippen molar-refractivity contribution in [3.05, 3.63) is 53.3 Å². The highest BCUT2D eigenvalue weighted by Crippen LogP contribution is 2.32.